The van der Waals surface area contributed by atoms with Crippen molar-refractivity contribution in [3.05, 3.63) is 48.5 Å². The number of primary amides is 1. The molecule has 0 saturated carbocycles. The number of nitrogens with two attached hydrogens (primary N) is 1. The number of hydroxylamine groups is 2. The minimum Gasteiger partial charge on any atom is -0.446 e. The van der Waals surface area contributed by atoms with E-state index in [0.29, 0.717) is 37.6 Å². The summed E-state index contributed by atoms with van der Waals surface area (Å²) in [6.45, 7) is 1.30. The van der Waals surface area contributed by atoms with Gasteiger partial charge in [0.2, 0.25) is 5.88 Å². The summed E-state index contributed by atoms with van der Waals surface area (Å²) in [7, 11) is 0. The van der Waals surface area contributed by atoms with Crippen molar-refractivity contribution in [3.8, 4) is 5.88 Å². The zero-order chi connectivity index (χ0) is 16.8. The van der Waals surface area contributed by atoms with Crippen LogP contribution in [0, 0.1) is 0 Å². The lowest BCUT2D eigenvalue weighted by atomic mass is 10.1. The molecule has 24 heavy (non-hydrogen) atoms. The minimum absolute atomic E-state index is 0.138. The summed E-state index contributed by atoms with van der Waals surface area (Å²) in [5, 5.41) is 5.04. The van der Waals surface area contributed by atoms with E-state index in [1.54, 1.807) is 0 Å². The van der Waals surface area contributed by atoms with Crippen molar-refractivity contribution in [2.45, 2.75) is 18.9 Å². The average molecular weight is 328 g/mol. The number of aromatic nitrogens is 1. The second-order valence-corrected chi connectivity index (χ2v) is 5.51. The summed E-state index contributed by atoms with van der Waals surface area (Å²) < 4.78 is 5.01. The van der Waals surface area contributed by atoms with Gasteiger partial charge in [0.05, 0.1) is 0 Å². The van der Waals surface area contributed by atoms with Crippen molar-refractivity contribution in [2.75, 3.05) is 18.4 Å². The van der Waals surface area contributed by atoms with E-state index in [-0.39, 0.29) is 6.10 Å². The van der Waals surface area contributed by atoms with Gasteiger partial charge in [-0.05, 0) is 18.2 Å². The van der Waals surface area contributed by atoms with Gasteiger partial charge in [-0.15, -0.1) is 5.06 Å². The van der Waals surface area contributed by atoms with Crippen LogP contribution in [-0.4, -0.2) is 35.3 Å². The SMILES string of the molecule is NC(=O)OC1CCN(Oc2cccc(Nc3ccccc3)n2)CC1. The Morgan fingerprint density at radius 2 is 1.88 bits per heavy atom. The maximum absolute atomic E-state index is 10.8. The van der Waals surface area contributed by atoms with Gasteiger partial charge >= 0.3 is 6.09 Å². The number of hydrogen-bond acceptors (Lipinski definition) is 6. The standard InChI is InChI=1S/C17H20N4O3/c18-17(22)23-14-9-11-21(12-10-14)24-16-8-4-7-15(20-16)19-13-5-2-1-3-6-13/h1-8,14H,9-12H2,(H2,18,22)(H,19,20). The van der Waals surface area contributed by atoms with Crippen molar-refractivity contribution < 1.29 is 14.4 Å². The first-order valence-corrected chi connectivity index (χ1v) is 7.87. The predicted octanol–water partition coefficient (Wildman–Crippen LogP) is 2.68. The summed E-state index contributed by atoms with van der Waals surface area (Å²) in [5.41, 5.74) is 6.00. The number of hydrogen-bond donors (Lipinski definition) is 2. The molecule has 3 N–H and O–H groups in total. The summed E-state index contributed by atoms with van der Waals surface area (Å²) in [6, 6.07) is 15.4. The van der Waals surface area contributed by atoms with Crippen LogP contribution in [0.5, 0.6) is 5.88 Å². The zero-order valence-corrected chi connectivity index (χ0v) is 13.2. The van der Waals surface area contributed by atoms with E-state index in [2.05, 4.69) is 10.3 Å². The number of piperidine rings is 1. The fourth-order valence-corrected chi connectivity index (χ4v) is 2.54. The quantitative estimate of drug-likeness (QED) is 0.877. The number of nitrogens with one attached hydrogen (secondary N) is 1. The first-order valence-electron chi connectivity index (χ1n) is 7.87. The topological polar surface area (TPSA) is 89.7 Å². The number of ether oxygens (including phenoxy) is 1. The number of para-hydroxylation sites is 1. The van der Waals surface area contributed by atoms with Gasteiger partial charge < -0.3 is 20.6 Å². The summed E-state index contributed by atoms with van der Waals surface area (Å²) >= 11 is 0. The van der Waals surface area contributed by atoms with Crippen LogP contribution in [0.15, 0.2) is 48.5 Å². The fraction of sp³-hybridized carbons (Fsp3) is 0.294. The Morgan fingerprint density at radius 3 is 2.58 bits per heavy atom. The van der Waals surface area contributed by atoms with Crippen molar-refractivity contribution in [2.24, 2.45) is 5.73 Å². The van der Waals surface area contributed by atoms with E-state index in [4.69, 9.17) is 15.3 Å². The van der Waals surface area contributed by atoms with Crippen LogP contribution in [0.25, 0.3) is 0 Å². The van der Waals surface area contributed by atoms with E-state index in [1.165, 1.54) is 0 Å². The lowest BCUT2D eigenvalue weighted by molar-refractivity contribution is -0.0975. The van der Waals surface area contributed by atoms with Crippen molar-refractivity contribution >= 4 is 17.6 Å². The lowest BCUT2D eigenvalue weighted by Crippen LogP contribution is -2.40. The molecule has 1 saturated heterocycles. The van der Waals surface area contributed by atoms with E-state index < -0.39 is 6.09 Å². The first kappa shape index (κ1) is 16.1. The number of pyridine rings is 1. The third-order valence-electron chi connectivity index (χ3n) is 3.68. The molecule has 1 aliphatic heterocycles. The molecule has 0 bridgehead atoms. The van der Waals surface area contributed by atoms with Gasteiger partial charge in [-0.25, -0.2) is 4.79 Å². The van der Waals surface area contributed by atoms with Crippen LogP contribution < -0.4 is 15.9 Å². The molecule has 1 aromatic heterocycles. The van der Waals surface area contributed by atoms with Crippen LogP contribution in [0.3, 0.4) is 0 Å². The molecule has 126 valence electrons. The van der Waals surface area contributed by atoms with Gasteiger partial charge in [-0.1, -0.05) is 24.3 Å². The maximum atomic E-state index is 10.8. The average Bonchev–Trinajstić information content (AvgIpc) is 2.57. The maximum Gasteiger partial charge on any atom is 0.404 e. The number of rotatable bonds is 5. The molecule has 1 aromatic carbocycles. The predicted molar refractivity (Wildman–Crippen MR) is 89.9 cm³/mol. The molecular weight excluding hydrogens is 308 g/mol. The van der Waals surface area contributed by atoms with Gasteiger partial charge in [0.15, 0.2) is 0 Å². The van der Waals surface area contributed by atoms with Gasteiger partial charge in [0, 0.05) is 37.7 Å². The highest BCUT2D eigenvalue weighted by atomic mass is 16.7. The van der Waals surface area contributed by atoms with Gasteiger partial charge in [-0.2, -0.15) is 4.98 Å². The van der Waals surface area contributed by atoms with E-state index >= 15 is 0 Å². The molecule has 0 aliphatic carbocycles. The third-order valence-corrected chi connectivity index (χ3v) is 3.68. The Labute approximate surface area is 140 Å². The highest BCUT2D eigenvalue weighted by Gasteiger charge is 2.23. The molecule has 1 fully saturated rings. The molecule has 7 heteroatoms. The summed E-state index contributed by atoms with van der Waals surface area (Å²) in [5.74, 6) is 1.23. The second-order valence-electron chi connectivity index (χ2n) is 5.51. The Hall–Kier alpha value is -2.80. The summed E-state index contributed by atoms with van der Waals surface area (Å²) in [4.78, 5) is 21.0. The van der Waals surface area contributed by atoms with Crippen LogP contribution in [0.4, 0.5) is 16.3 Å². The number of carbonyl (C=O) groups excluding carboxylic acids is 1. The number of anilines is 2. The fourth-order valence-electron chi connectivity index (χ4n) is 2.54. The van der Waals surface area contributed by atoms with Crippen LogP contribution in [-0.2, 0) is 4.74 Å². The van der Waals surface area contributed by atoms with Crippen molar-refractivity contribution in [3.63, 3.8) is 0 Å². The lowest BCUT2D eigenvalue weighted by Gasteiger charge is -2.30. The zero-order valence-electron chi connectivity index (χ0n) is 13.2. The highest BCUT2D eigenvalue weighted by molar-refractivity contribution is 5.64. The van der Waals surface area contributed by atoms with Crippen LogP contribution in [0.2, 0.25) is 0 Å². The van der Waals surface area contributed by atoms with Crippen molar-refractivity contribution in [1.29, 1.82) is 0 Å². The Kier molecular flexibility index (Phi) is 5.12. The summed E-state index contributed by atoms with van der Waals surface area (Å²) in [6.07, 6.45) is 0.507. The molecule has 0 radical (unpaired) electrons. The number of amides is 1. The first-order chi connectivity index (χ1) is 11.7. The van der Waals surface area contributed by atoms with E-state index in [9.17, 15) is 4.79 Å². The number of carbonyl (C=O) groups is 1. The third kappa shape index (κ3) is 4.60. The largest absolute Gasteiger partial charge is 0.446 e. The molecule has 3 rings (SSSR count). The van der Waals surface area contributed by atoms with Crippen molar-refractivity contribution in [1.82, 2.24) is 10.0 Å². The molecule has 2 aromatic rings. The van der Waals surface area contributed by atoms with E-state index in [1.807, 2.05) is 53.6 Å². The molecule has 0 atom stereocenters. The normalized spacial score (nSPS) is 15.7. The van der Waals surface area contributed by atoms with Crippen LogP contribution >= 0.6 is 0 Å². The Balaban J connectivity index is 1.55. The highest BCUT2D eigenvalue weighted by Crippen LogP contribution is 2.20. The van der Waals surface area contributed by atoms with E-state index in [0.717, 1.165) is 5.69 Å². The molecule has 7 nitrogen and oxygen atoms in total. The van der Waals surface area contributed by atoms with Crippen LogP contribution in [0.1, 0.15) is 12.8 Å². The molecule has 0 unspecified atom stereocenters. The number of nitrogens with zero attached hydrogens (tertiary/aromatic N) is 2. The second kappa shape index (κ2) is 7.65. The Morgan fingerprint density at radius 1 is 1.12 bits per heavy atom. The smallest absolute Gasteiger partial charge is 0.404 e. The molecule has 1 aliphatic rings. The van der Waals surface area contributed by atoms with Gasteiger partial charge in [0.1, 0.15) is 11.9 Å². The molecule has 2 heterocycles. The monoisotopic (exact) mass is 328 g/mol. The minimum atomic E-state index is -0.726. The number of benzene rings is 1. The van der Waals surface area contributed by atoms with Gasteiger partial charge in [-0.3, -0.25) is 0 Å². The molecule has 0 spiro atoms. The molecular formula is C17H20N4O3. The Bertz CT molecular complexity index is 673. The molecule has 1 amide bonds. The van der Waals surface area contributed by atoms with Gasteiger partial charge in [0.25, 0.3) is 0 Å².